The minimum atomic E-state index is -0.297. The molecule has 0 aromatic carbocycles. The number of hydrogen-bond donors (Lipinski definition) is 0. The number of ether oxygens (including phenoxy) is 1. The van der Waals surface area contributed by atoms with Crippen LogP contribution in [0.1, 0.15) is 46.0 Å². The molecule has 0 saturated carbocycles. The Kier molecular flexibility index (Phi) is 7.36. The molecule has 0 aliphatic heterocycles. The molecule has 0 fully saturated rings. The third-order valence-corrected chi connectivity index (χ3v) is 1.94. The maximum atomic E-state index is 10.9. The third-order valence-electron chi connectivity index (χ3n) is 1.94. The molecule has 2 nitrogen and oxygen atoms in total. The Morgan fingerprint density at radius 3 is 2.54 bits per heavy atom. The summed E-state index contributed by atoms with van der Waals surface area (Å²) in [5, 5.41) is 0. The Bertz CT molecular complexity index is 152. The van der Waals surface area contributed by atoms with Crippen molar-refractivity contribution in [3.05, 3.63) is 12.7 Å². The minimum absolute atomic E-state index is 0.0930. The van der Waals surface area contributed by atoms with E-state index >= 15 is 0 Å². The van der Waals surface area contributed by atoms with Crippen LogP contribution in [-0.4, -0.2) is 12.1 Å². The van der Waals surface area contributed by atoms with Crippen molar-refractivity contribution in [2.24, 2.45) is 0 Å². The van der Waals surface area contributed by atoms with E-state index in [1.807, 2.05) is 0 Å². The van der Waals surface area contributed by atoms with E-state index in [-0.39, 0.29) is 12.1 Å². The smallest absolute Gasteiger partial charge is 0.330 e. The molecule has 0 saturated heterocycles. The summed E-state index contributed by atoms with van der Waals surface area (Å²) < 4.78 is 5.19. The number of unbranched alkanes of at least 4 members (excludes halogenated alkanes) is 1. The van der Waals surface area contributed by atoms with Crippen LogP contribution in [0.4, 0.5) is 0 Å². The standard InChI is InChI=1S/C11H20O2/c1-4-7-9-10(8-5-2)13-11(12)6-3/h6,10H,3-5,7-9H2,1-2H3. The second-order valence-electron chi connectivity index (χ2n) is 3.19. The van der Waals surface area contributed by atoms with Crippen LogP contribution in [0, 0.1) is 0 Å². The summed E-state index contributed by atoms with van der Waals surface area (Å²) in [4.78, 5) is 10.9. The zero-order valence-electron chi connectivity index (χ0n) is 8.71. The van der Waals surface area contributed by atoms with E-state index in [0.717, 1.165) is 32.1 Å². The summed E-state index contributed by atoms with van der Waals surface area (Å²) >= 11 is 0. The molecule has 76 valence electrons. The summed E-state index contributed by atoms with van der Waals surface area (Å²) in [6, 6.07) is 0. The van der Waals surface area contributed by atoms with Crippen molar-refractivity contribution in [3.8, 4) is 0 Å². The Hall–Kier alpha value is -0.790. The van der Waals surface area contributed by atoms with Gasteiger partial charge >= 0.3 is 5.97 Å². The van der Waals surface area contributed by atoms with Crippen LogP contribution in [-0.2, 0) is 9.53 Å². The lowest BCUT2D eigenvalue weighted by atomic mass is 10.1. The lowest BCUT2D eigenvalue weighted by Gasteiger charge is -2.15. The maximum absolute atomic E-state index is 10.9. The van der Waals surface area contributed by atoms with E-state index in [1.54, 1.807) is 0 Å². The first-order chi connectivity index (χ1) is 6.24. The van der Waals surface area contributed by atoms with Crippen molar-refractivity contribution in [3.63, 3.8) is 0 Å². The molecule has 0 rings (SSSR count). The molecule has 1 atom stereocenters. The van der Waals surface area contributed by atoms with E-state index in [0.29, 0.717) is 0 Å². The number of esters is 1. The maximum Gasteiger partial charge on any atom is 0.330 e. The first-order valence-corrected chi connectivity index (χ1v) is 5.07. The van der Waals surface area contributed by atoms with Gasteiger partial charge in [-0.25, -0.2) is 4.79 Å². The van der Waals surface area contributed by atoms with Crippen molar-refractivity contribution in [2.45, 2.75) is 52.1 Å². The molecule has 0 aliphatic carbocycles. The highest BCUT2D eigenvalue weighted by atomic mass is 16.5. The monoisotopic (exact) mass is 184 g/mol. The fourth-order valence-corrected chi connectivity index (χ4v) is 1.23. The van der Waals surface area contributed by atoms with Gasteiger partial charge < -0.3 is 4.74 Å². The van der Waals surface area contributed by atoms with Crippen LogP contribution in [0.2, 0.25) is 0 Å². The van der Waals surface area contributed by atoms with Gasteiger partial charge in [-0.2, -0.15) is 0 Å². The lowest BCUT2D eigenvalue weighted by Crippen LogP contribution is -2.16. The molecule has 0 heterocycles. The molecule has 0 radical (unpaired) electrons. The average molecular weight is 184 g/mol. The minimum Gasteiger partial charge on any atom is -0.459 e. The summed E-state index contributed by atoms with van der Waals surface area (Å²) in [7, 11) is 0. The summed E-state index contributed by atoms with van der Waals surface area (Å²) in [5.74, 6) is -0.297. The van der Waals surface area contributed by atoms with Crippen molar-refractivity contribution in [1.29, 1.82) is 0 Å². The highest BCUT2D eigenvalue weighted by Gasteiger charge is 2.10. The second-order valence-corrected chi connectivity index (χ2v) is 3.19. The van der Waals surface area contributed by atoms with Gasteiger partial charge in [0.15, 0.2) is 0 Å². The number of hydrogen-bond acceptors (Lipinski definition) is 2. The predicted octanol–water partition coefficient (Wildman–Crippen LogP) is 3.07. The fraction of sp³-hybridized carbons (Fsp3) is 0.727. The van der Waals surface area contributed by atoms with Crippen molar-refractivity contribution >= 4 is 5.97 Å². The van der Waals surface area contributed by atoms with Crippen LogP contribution >= 0.6 is 0 Å². The number of rotatable bonds is 7. The SMILES string of the molecule is C=CC(=O)OC(CCC)CCCC. The van der Waals surface area contributed by atoms with Crippen LogP contribution in [0.25, 0.3) is 0 Å². The van der Waals surface area contributed by atoms with Gasteiger partial charge in [0.05, 0.1) is 0 Å². The molecule has 0 aromatic heterocycles. The van der Waals surface area contributed by atoms with Crippen LogP contribution in [0.3, 0.4) is 0 Å². The lowest BCUT2D eigenvalue weighted by molar-refractivity contribution is -0.143. The average Bonchev–Trinajstić information content (AvgIpc) is 2.14. The molecule has 0 amide bonds. The molecule has 0 spiro atoms. The molecular formula is C11H20O2. The summed E-state index contributed by atoms with van der Waals surface area (Å²) in [5.41, 5.74) is 0. The highest BCUT2D eigenvalue weighted by Crippen LogP contribution is 2.11. The van der Waals surface area contributed by atoms with E-state index in [4.69, 9.17) is 4.74 Å². The Morgan fingerprint density at radius 1 is 1.38 bits per heavy atom. The fourth-order valence-electron chi connectivity index (χ4n) is 1.23. The molecule has 13 heavy (non-hydrogen) atoms. The van der Waals surface area contributed by atoms with Gasteiger partial charge in [-0.3, -0.25) is 0 Å². The van der Waals surface area contributed by atoms with Gasteiger partial charge in [-0.1, -0.05) is 39.7 Å². The molecule has 0 aromatic rings. The van der Waals surface area contributed by atoms with Gasteiger partial charge in [0.2, 0.25) is 0 Å². The van der Waals surface area contributed by atoms with Gasteiger partial charge in [-0.05, 0) is 12.8 Å². The first-order valence-electron chi connectivity index (χ1n) is 5.07. The third kappa shape index (κ3) is 6.38. The van der Waals surface area contributed by atoms with Crippen molar-refractivity contribution in [2.75, 3.05) is 0 Å². The first kappa shape index (κ1) is 12.2. The quantitative estimate of drug-likeness (QED) is 0.449. The van der Waals surface area contributed by atoms with E-state index in [2.05, 4.69) is 20.4 Å². The Labute approximate surface area is 81.0 Å². The summed E-state index contributed by atoms with van der Waals surface area (Å²) in [6.45, 7) is 7.61. The van der Waals surface area contributed by atoms with Crippen LogP contribution < -0.4 is 0 Å². The van der Waals surface area contributed by atoms with Crippen LogP contribution in [0.15, 0.2) is 12.7 Å². The van der Waals surface area contributed by atoms with Crippen molar-refractivity contribution in [1.82, 2.24) is 0 Å². The normalized spacial score (nSPS) is 12.2. The molecular weight excluding hydrogens is 164 g/mol. The number of carbonyl (C=O) groups excluding carboxylic acids is 1. The molecule has 1 unspecified atom stereocenters. The predicted molar refractivity (Wildman–Crippen MR) is 54.5 cm³/mol. The molecule has 0 bridgehead atoms. The molecule has 2 heteroatoms. The Morgan fingerprint density at radius 2 is 2.08 bits per heavy atom. The Balaban J connectivity index is 3.78. The van der Waals surface area contributed by atoms with E-state index in [1.165, 1.54) is 6.08 Å². The zero-order valence-corrected chi connectivity index (χ0v) is 8.71. The number of carbonyl (C=O) groups is 1. The molecule has 0 aliphatic rings. The highest BCUT2D eigenvalue weighted by molar-refractivity contribution is 5.81. The van der Waals surface area contributed by atoms with Gasteiger partial charge in [0, 0.05) is 6.08 Å². The van der Waals surface area contributed by atoms with Gasteiger partial charge in [0.25, 0.3) is 0 Å². The zero-order chi connectivity index (χ0) is 10.1. The second kappa shape index (κ2) is 7.84. The van der Waals surface area contributed by atoms with E-state index < -0.39 is 0 Å². The topological polar surface area (TPSA) is 26.3 Å². The van der Waals surface area contributed by atoms with Crippen LogP contribution in [0.5, 0.6) is 0 Å². The summed E-state index contributed by atoms with van der Waals surface area (Å²) in [6.07, 6.45) is 6.58. The molecule has 0 N–H and O–H groups in total. The van der Waals surface area contributed by atoms with Gasteiger partial charge in [-0.15, -0.1) is 0 Å². The van der Waals surface area contributed by atoms with Crippen molar-refractivity contribution < 1.29 is 9.53 Å². The largest absolute Gasteiger partial charge is 0.459 e. The van der Waals surface area contributed by atoms with Gasteiger partial charge in [0.1, 0.15) is 6.10 Å². The van der Waals surface area contributed by atoms with E-state index in [9.17, 15) is 4.79 Å².